The van der Waals surface area contributed by atoms with Crippen LogP contribution in [0.15, 0.2) is 0 Å². The summed E-state index contributed by atoms with van der Waals surface area (Å²) in [6.07, 6.45) is 2.35. The van der Waals surface area contributed by atoms with Gasteiger partial charge in [-0.25, -0.2) is 4.21 Å². The van der Waals surface area contributed by atoms with Crippen LogP contribution in [-0.2, 0) is 11.1 Å². The van der Waals surface area contributed by atoms with E-state index >= 15 is 0 Å². The Morgan fingerprint density at radius 1 is 1.70 bits per heavy atom. The first-order valence-electron chi connectivity index (χ1n) is 3.44. The molecule has 0 aromatic heterocycles. The summed E-state index contributed by atoms with van der Waals surface area (Å²) in [4.78, 5) is 0. The fourth-order valence-electron chi connectivity index (χ4n) is 1.14. The van der Waals surface area contributed by atoms with Crippen molar-refractivity contribution in [3.05, 3.63) is 0 Å². The third-order valence-electron chi connectivity index (χ3n) is 1.63. The van der Waals surface area contributed by atoms with Gasteiger partial charge in [0.25, 0.3) is 0 Å². The first-order chi connectivity index (χ1) is 4.79. The van der Waals surface area contributed by atoms with Gasteiger partial charge in [-0.05, 0) is 30.3 Å². The molecule has 1 heterocycles. The predicted molar refractivity (Wildman–Crippen MR) is 45.7 cm³/mol. The van der Waals surface area contributed by atoms with Gasteiger partial charge < -0.3 is 4.55 Å². The molecule has 0 bridgehead atoms. The van der Waals surface area contributed by atoms with Crippen molar-refractivity contribution in [1.82, 2.24) is 0 Å². The standard InChI is InChI=1S/C6H12O2S2/c7-10(8)5-6-2-1-3-9-4-6/h6H,1-5H2,(H,7,8). The van der Waals surface area contributed by atoms with Gasteiger partial charge in [0, 0.05) is 0 Å². The average Bonchev–Trinajstić information content (AvgIpc) is 1.88. The van der Waals surface area contributed by atoms with Gasteiger partial charge in [-0.15, -0.1) is 0 Å². The zero-order chi connectivity index (χ0) is 7.40. The lowest BCUT2D eigenvalue weighted by molar-refractivity contribution is 0.525. The summed E-state index contributed by atoms with van der Waals surface area (Å²) in [6.45, 7) is 0. The molecule has 4 heteroatoms. The lowest BCUT2D eigenvalue weighted by atomic mass is 10.1. The van der Waals surface area contributed by atoms with Gasteiger partial charge in [0.15, 0.2) is 11.1 Å². The fraction of sp³-hybridized carbons (Fsp3) is 1.00. The van der Waals surface area contributed by atoms with Crippen LogP contribution in [0.1, 0.15) is 12.8 Å². The SMILES string of the molecule is O=S(O)CC1CCCSC1. The minimum atomic E-state index is -1.58. The minimum absolute atomic E-state index is 0.479. The summed E-state index contributed by atoms with van der Waals surface area (Å²) >= 11 is 0.323. The van der Waals surface area contributed by atoms with Crippen molar-refractivity contribution < 1.29 is 8.76 Å². The highest BCUT2D eigenvalue weighted by Crippen LogP contribution is 2.22. The van der Waals surface area contributed by atoms with Crippen molar-refractivity contribution in [3.63, 3.8) is 0 Å². The van der Waals surface area contributed by atoms with Crippen LogP contribution in [-0.4, -0.2) is 26.0 Å². The predicted octanol–water partition coefficient (Wildman–Crippen LogP) is 1.35. The lowest BCUT2D eigenvalue weighted by Gasteiger charge is -2.18. The zero-order valence-corrected chi connectivity index (χ0v) is 7.42. The largest absolute Gasteiger partial charge is 0.306 e. The highest BCUT2D eigenvalue weighted by atomic mass is 32.2. The van der Waals surface area contributed by atoms with Crippen LogP contribution in [0, 0.1) is 5.92 Å². The monoisotopic (exact) mass is 180 g/mol. The molecule has 0 spiro atoms. The Hall–Kier alpha value is 0.460. The molecule has 2 nitrogen and oxygen atoms in total. The Labute approximate surface area is 68.1 Å². The summed E-state index contributed by atoms with van der Waals surface area (Å²) in [7, 11) is 0. The van der Waals surface area contributed by atoms with Gasteiger partial charge in [-0.2, -0.15) is 11.8 Å². The normalized spacial score (nSPS) is 29.9. The molecule has 1 aliphatic heterocycles. The molecule has 1 aliphatic rings. The number of hydrogen-bond acceptors (Lipinski definition) is 2. The summed E-state index contributed by atoms with van der Waals surface area (Å²) in [6, 6.07) is 0. The molecule has 1 rings (SSSR count). The fourth-order valence-corrected chi connectivity index (χ4v) is 3.13. The number of thioether (sulfide) groups is 1. The van der Waals surface area contributed by atoms with Crippen LogP contribution in [0.5, 0.6) is 0 Å². The molecule has 0 aliphatic carbocycles. The Bertz CT molecular complexity index is 121. The molecular formula is C6H12O2S2. The summed E-state index contributed by atoms with van der Waals surface area (Å²) in [5.41, 5.74) is 0. The molecule has 0 aromatic rings. The molecule has 1 saturated heterocycles. The van der Waals surface area contributed by atoms with Crippen LogP contribution in [0.2, 0.25) is 0 Å². The average molecular weight is 180 g/mol. The first-order valence-corrected chi connectivity index (χ1v) is 5.87. The van der Waals surface area contributed by atoms with Gasteiger partial charge in [0.2, 0.25) is 0 Å². The van der Waals surface area contributed by atoms with E-state index < -0.39 is 11.1 Å². The lowest BCUT2D eigenvalue weighted by Crippen LogP contribution is -2.17. The van der Waals surface area contributed by atoms with E-state index in [0.29, 0.717) is 11.7 Å². The molecule has 0 amide bonds. The summed E-state index contributed by atoms with van der Waals surface area (Å²) in [5.74, 6) is 3.28. The van der Waals surface area contributed by atoms with E-state index in [1.165, 1.54) is 12.2 Å². The van der Waals surface area contributed by atoms with Crippen LogP contribution in [0.25, 0.3) is 0 Å². The second-order valence-corrected chi connectivity index (χ2v) is 4.70. The van der Waals surface area contributed by atoms with Crippen LogP contribution < -0.4 is 0 Å². The highest BCUT2D eigenvalue weighted by Gasteiger charge is 2.15. The molecule has 1 fully saturated rings. The quantitative estimate of drug-likeness (QED) is 0.652. The summed E-state index contributed by atoms with van der Waals surface area (Å²) in [5, 5.41) is 0. The van der Waals surface area contributed by atoms with Crippen molar-refractivity contribution in [1.29, 1.82) is 0 Å². The van der Waals surface area contributed by atoms with Gasteiger partial charge in [-0.3, -0.25) is 0 Å². The Balaban J connectivity index is 2.19. The molecule has 1 N–H and O–H groups in total. The molecule has 0 saturated carbocycles. The third kappa shape index (κ3) is 3.03. The maximum Gasteiger partial charge on any atom is 0.153 e. The second-order valence-electron chi connectivity index (χ2n) is 2.57. The second kappa shape index (κ2) is 4.36. The van der Waals surface area contributed by atoms with Crippen LogP contribution in [0.4, 0.5) is 0 Å². The van der Waals surface area contributed by atoms with Crippen molar-refractivity contribution >= 4 is 22.8 Å². The van der Waals surface area contributed by atoms with E-state index in [2.05, 4.69) is 0 Å². The van der Waals surface area contributed by atoms with E-state index in [1.807, 2.05) is 11.8 Å². The van der Waals surface area contributed by atoms with Crippen molar-refractivity contribution in [2.24, 2.45) is 5.92 Å². The molecule has 10 heavy (non-hydrogen) atoms. The molecule has 2 atom stereocenters. The maximum atomic E-state index is 10.4. The first kappa shape index (κ1) is 8.56. The van der Waals surface area contributed by atoms with E-state index in [9.17, 15) is 4.21 Å². The summed E-state index contributed by atoms with van der Waals surface area (Å²) < 4.78 is 18.9. The molecule has 0 radical (unpaired) electrons. The molecular weight excluding hydrogens is 168 g/mol. The minimum Gasteiger partial charge on any atom is -0.306 e. The van der Waals surface area contributed by atoms with Gasteiger partial charge >= 0.3 is 0 Å². The smallest absolute Gasteiger partial charge is 0.153 e. The van der Waals surface area contributed by atoms with Gasteiger partial charge in [0.1, 0.15) is 0 Å². The topological polar surface area (TPSA) is 37.3 Å². The van der Waals surface area contributed by atoms with Gasteiger partial charge in [0.05, 0.1) is 5.75 Å². The molecule has 0 aromatic carbocycles. The zero-order valence-electron chi connectivity index (χ0n) is 5.78. The molecule has 60 valence electrons. The third-order valence-corrected chi connectivity index (χ3v) is 3.67. The highest BCUT2D eigenvalue weighted by molar-refractivity contribution is 7.99. The number of rotatable bonds is 2. The van der Waals surface area contributed by atoms with Crippen molar-refractivity contribution in [2.75, 3.05) is 17.3 Å². The Morgan fingerprint density at radius 2 is 2.50 bits per heavy atom. The maximum absolute atomic E-state index is 10.4. The van der Waals surface area contributed by atoms with E-state index in [0.717, 1.165) is 12.2 Å². The van der Waals surface area contributed by atoms with Crippen molar-refractivity contribution in [2.45, 2.75) is 12.8 Å². The van der Waals surface area contributed by atoms with Gasteiger partial charge in [-0.1, -0.05) is 0 Å². The number of hydrogen-bond donors (Lipinski definition) is 1. The Kier molecular flexibility index (Phi) is 3.73. The van der Waals surface area contributed by atoms with E-state index in [4.69, 9.17) is 4.55 Å². The van der Waals surface area contributed by atoms with E-state index in [-0.39, 0.29) is 0 Å². The molecule has 2 unspecified atom stereocenters. The van der Waals surface area contributed by atoms with Crippen molar-refractivity contribution in [3.8, 4) is 0 Å². The van der Waals surface area contributed by atoms with Crippen LogP contribution in [0.3, 0.4) is 0 Å². The Morgan fingerprint density at radius 3 is 3.00 bits per heavy atom. The van der Waals surface area contributed by atoms with Crippen LogP contribution >= 0.6 is 11.8 Å². The van der Waals surface area contributed by atoms with E-state index in [1.54, 1.807) is 0 Å².